The zero-order valence-electron chi connectivity index (χ0n) is 9.76. The summed E-state index contributed by atoms with van der Waals surface area (Å²) in [7, 11) is 0. The van der Waals surface area contributed by atoms with Crippen molar-refractivity contribution in [1.29, 1.82) is 0 Å². The molecule has 0 saturated carbocycles. The third kappa shape index (κ3) is 2.94. The van der Waals surface area contributed by atoms with Gasteiger partial charge in [0.15, 0.2) is 0 Å². The standard InChI is InChI=1S/C12H16N2O3/c1-8-2-3-11(15)10(13-8)7-14-5-9(6-14)4-12(16)17/h2-3,9,15H,4-7H2,1H3,(H,16,17). The van der Waals surface area contributed by atoms with Gasteiger partial charge in [0, 0.05) is 25.3 Å². The largest absolute Gasteiger partial charge is 0.506 e. The highest BCUT2D eigenvalue weighted by Crippen LogP contribution is 2.24. The minimum atomic E-state index is -0.744. The van der Waals surface area contributed by atoms with Gasteiger partial charge in [-0.05, 0) is 25.0 Å². The van der Waals surface area contributed by atoms with E-state index < -0.39 is 5.97 Å². The highest BCUT2D eigenvalue weighted by atomic mass is 16.4. The molecule has 1 aromatic heterocycles. The normalized spacial score (nSPS) is 16.8. The number of rotatable bonds is 4. The first-order chi connectivity index (χ1) is 8.04. The molecule has 1 aliphatic heterocycles. The van der Waals surface area contributed by atoms with Crippen LogP contribution in [0.2, 0.25) is 0 Å². The summed E-state index contributed by atoms with van der Waals surface area (Å²) in [5, 5.41) is 18.3. The lowest BCUT2D eigenvalue weighted by Crippen LogP contribution is -2.46. The van der Waals surface area contributed by atoms with Crippen LogP contribution in [0.3, 0.4) is 0 Å². The molecule has 1 aliphatic rings. The SMILES string of the molecule is Cc1ccc(O)c(CN2CC(CC(=O)O)C2)n1. The lowest BCUT2D eigenvalue weighted by Gasteiger charge is -2.38. The van der Waals surface area contributed by atoms with E-state index in [1.54, 1.807) is 12.1 Å². The first kappa shape index (κ1) is 11.9. The maximum absolute atomic E-state index is 10.5. The first-order valence-corrected chi connectivity index (χ1v) is 5.64. The van der Waals surface area contributed by atoms with Crippen LogP contribution in [0.1, 0.15) is 17.8 Å². The molecule has 17 heavy (non-hydrogen) atoms. The number of aliphatic carboxylic acids is 1. The van der Waals surface area contributed by atoms with Gasteiger partial charge in [-0.15, -0.1) is 0 Å². The molecule has 1 aromatic rings. The third-order valence-electron chi connectivity index (χ3n) is 2.96. The maximum atomic E-state index is 10.5. The Balaban J connectivity index is 1.87. The van der Waals surface area contributed by atoms with E-state index in [1.165, 1.54) is 0 Å². The van der Waals surface area contributed by atoms with Gasteiger partial charge in [-0.3, -0.25) is 14.7 Å². The van der Waals surface area contributed by atoms with Gasteiger partial charge in [0.1, 0.15) is 5.75 Å². The average Bonchev–Trinajstić information content (AvgIpc) is 2.19. The average molecular weight is 236 g/mol. The molecule has 0 unspecified atom stereocenters. The minimum absolute atomic E-state index is 0.206. The Bertz CT molecular complexity index is 428. The number of carboxylic acid groups (broad SMARTS) is 1. The molecule has 0 aliphatic carbocycles. The number of nitrogens with zero attached hydrogens (tertiary/aromatic N) is 2. The molecule has 0 bridgehead atoms. The van der Waals surface area contributed by atoms with Gasteiger partial charge in [0.05, 0.1) is 12.1 Å². The summed E-state index contributed by atoms with van der Waals surface area (Å²) in [6.45, 7) is 4.00. The van der Waals surface area contributed by atoms with Gasteiger partial charge in [-0.1, -0.05) is 0 Å². The summed E-state index contributed by atoms with van der Waals surface area (Å²) in [5.41, 5.74) is 1.54. The zero-order valence-corrected chi connectivity index (χ0v) is 9.76. The van der Waals surface area contributed by atoms with E-state index in [0.29, 0.717) is 12.2 Å². The maximum Gasteiger partial charge on any atom is 0.303 e. The molecule has 0 spiro atoms. The summed E-state index contributed by atoms with van der Waals surface area (Å²) < 4.78 is 0. The molecule has 5 nitrogen and oxygen atoms in total. The van der Waals surface area contributed by atoms with E-state index in [9.17, 15) is 9.90 Å². The highest BCUT2D eigenvalue weighted by molar-refractivity contribution is 5.67. The molecule has 92 valence electrons. The fourth-order valence-corrected chi connectivity index (χ4v) is 2.11. The number of carboxylic acids is 1. The third-order valence-corrected chi connectivity index (χ3v) is 2.96. The van der Waals surface area contributed by atoms with Gasteiger partial charge in [0.2, 0.25) is 0 Å². The number of carbonyl (C=O) groups is 1. The number of likely N-dealkylation sites (tertiary alicyclic amines) is 1. The number of aromatic hydroxyl groups is 1. The quantitative estimate of drug-likeness (QED) is 0.816. The van der Waals surface area contributed by atoms with Gasteiger partial charge < -0.3 is 10.2 Å². The zero-order chi connectivity index (χ0) is 12.4. The van der Waals surface area contributed by atoms with Crippen LogP contribution < -0.4 is 0 Å². The van der Waals surface area contributed by atoms with Crippen molar-refractivity contribution in [1.82, 2.24) is 9.88 Å². The van der Waals surface area contributed by atoms with Crippen LogP contribution in [0.4, 0.5) is 0 Å². The molecular formula is C12H16N2O3. The topological polar surface area (TPSA) is 73.7 Å². The second-order valence-corrected chi connectivity index (χ2v) is 4.58. The molecule has 1 fully saturated rings. The molecule has 0 atom stereocenters. The smallest absolute Gasteiger partial charge is 0.303 e. The Morgan fingerprint density at radius 1 is 1.53 bits per heavy atom. The van der Waals surface area contributed by atoms with E-state index in [1.807, 2.05) is 6.92 Å². The van der Waals surface area contributed by atoms with Crippen molar-refractivity contribution in [3.63, 3.8) is 0 Å². The van der Waals surface area contributed by atoms with Gasteiger partial charge in [0.25, 0.3) is 0 Å². The van der Waals surface area contributed by atoms with Crippen molar-refractivity contribution in [2.45, 2.75) is 19.9 Å². The number of hydrogen-bond acceptors (Lipinski definition) is 4. The molecule has 0 amide bonds. The first-order valence-electron chi connectivity index (χ1n) is 5.64. The Kier molecular flexibility index (Phi) is 3.28. The monoisotopic (exact) mass is 236 g/mol. The van der Waals surface area contributed by atoms with Crippen molar-refractivity contribution >= 4 is 5.97 Å². The number of aryl methyl sites for hydroxylation is 1. The predicted molar refractivity (Wildman–Crippen MR) is 61.7 cm³/mol. The van der Waals surface area contributed by atoms with Crippen molar-refractivity contribution in [3.8, 4) is 5.75 Å². The summed E-state index contributed by atoms with van der Waals surface area (Å²) in [6, 6.07) is 3.41. The van der Waals surface area contributed by atoms with Crippen LogP contribution in [-0.2, 0) is 11.3 Å². The molecule has 1 saturated heterocycles. The highest BCUT2D eigenvalue weighted by Gasteiger charge is 2.29. The Labute approximate surface area is 99.7 Å². The van der Waals surface area contributed by atoms with E-state index in [0.717, 1.165) is 18.8 Å². The summed E-state index contributed by atoms with van der Waals surface area (Å²) in [5.74, 6) is -0.303. The van der Waals surface area contributed by atoms with Crippen LogP contribution >= 0.6 is 0 Å². The fourth-order valence-electron chi connectivity index (χ4n) is 2.11. The Hall–Kier alpha value is -1.62. The molecule has 0 radical (unpaired) electrons. The van der Waals surface area contributed by atoms with Crippen LogP contribution in [0.15, 0.2) is 12.1 Å². The minimum Gasteiger partial charge on any atom is -0.506 e. The Morgan fingerprint density at radius 2 is 2.24 bits per heavy atom. The van der Waals surface area contributed by atoms with Gasteiger partial charge in [-0.2, -0.15) is 0 Å². The lowest BCUT2D eigenvalue weighted by atomic mass is 9.96. The van der Waals surface area contributed by atoms with Crippen molar-refractivity contribution in [2.24, 2.45) is 5.92 Å². The number of aromatic nitrogens is 1. The second kappa shape index (κ2) is 4.71. The predicted octanol–water partition coefficient (Wildman–Crippen LogP) is 1.00. The summed E-state index contributed by atoms with van der Waals surface area (Å²) in [4.78, 5) is 16.9. The van der Waals surface area contributed by atoms with Crippen molar-refractivity contribution in [2.75, 3.05) is 13.1 Å². The summed E-state index contributed by atoms with van der Waals surface area (Å²) in [6.07, 6.45) is 0.226. The van der Waals surface area contributed by atoms with E-state index in [-0.39, 0.29) is 18.1 Å². The summed E-state index contributed by atoms with van der Waals surface area (Å²) >= 11 is 0. The van der Waals surface area contributed by atoms with Crippen LogP contribution in [-0.4, -0.2) is 39.2 Å². The van der Waals surface area contributed by atoms with Crippen LogP contribution in [0.25, 0.3) is 0 Å². The second-order valence-electron chi connectivity index (χ2n) is 4.58. The molecule has 2 N–H and O–H groups in total. The van der Waals surface area contributed by atoms with Crippen molar-refractivity contribution in [3.05, 3.63) is 23.5 Å². The number of hydrogen-bond donors (Lipinski definition) is 2. The van der Waals surface area contributed by atoms with Crippen molar-refractivity contribution < 1.29 is 15.0 Å². The van der Waals surface area contributed by atoms with Crippen LogP contribution in [0, 0.1) is 12.8 Å². The van der Waals surface area contributed by atoms with E-state index in [2.05, 4.69) is 9.88 Å². The fraction of sp³-hybridized carbons (Fsp3) is 0.500. The Morgan fingerprint density at radius 3 is 2.88 bits per heavy atom. The van der Waals surface area contributed by atoms with E-state index >= 15 is 0 Å². The molecule has 2 heterocycles. The van der Waals surface area contributed by atoms with E-state index in [4.69, 9.17) is 5.11 Å². The molecule has 0 aromatic carbocycles. The van der Waals surface area contributed by atoms with Gasteiger partial charge in [-0.25, -0.2) is 0 Å². The molecule has 5 heteroatoms. The number of pyridine rings is 1. The van der Waals surface area contributed by atoms with Gasteiger partial charge >= 0.3 is 5.97 Å². The van der Waals surface area contributed by atoms with Crippen LogP contribution in [0.5, 0.6) is 5.75 Å². The molecular weight excluding hydrogens is 220 g/mol. The molecule has 2 rings (SSSR count). The lowest BCUT2D eigenvalue weighted by molar-refractivity contribution is -0.139.